The van der Waals surface area contributed by atoms with Gasteiger partial charge in [0.05, 0.1) is 0 Å². The molecule has 0 N–H and O–H groups in total. The minimum Gasteiger partial charge on any atom is -0.489 e. The summed E-state index contributed by atoms with van der Waals surface area (Å²) in [6.45, 7) is 8.84. The second-order valence-corrected chi connectivity index (χ2v) is 3.88. The highest BCUT2D eigenvalue weighted by Crippen LogP contribution is 2.26. The van der Waals surface area contributed by atoms with Gasteiger partial charge in [-0.15, -0.1) is 0 Å². The second kappa shape index (κ2) is 6.16. The Labute approximate surface area is 98.5 Å². The standard InChI is InChI=1S/C15H20O/c1-5-7-9-16-15-13(4)10-12(3)11-14(15)8-6-2/h5-8,10-11H,9H2,1-4H3/b7-5-,8-6-. The van der Waals surface area contributed by atoms with E-state index in [-0.39, 0.29) is 0 Å². The molecule has 1 aromatic rings. The highest BCUT2D eigenvalue weighted by Gasteiger charge is 2.05. The third-order valence-electron chi connectivity index (χ3n) is 2.35. The van der Waals surface area contributed by atoms with Crippen molar-refractivity contribution in [3.63, 3.8) is 0 Å². The summed E-state index contributed by atoms with van der Waals surface area (Å²) in [5, 5.41) is 0. The summed E-state index contributed by atoms with van der Waals surface area (Å²) in [5.41, 5.74) is 3.62. The molecule has 1 nitrogen and oxygen atoms in total. The van der Waals surface area contributed by atoms with E-state index in [1.807, 2.05) is 32.1 Å². The van der Waals surface area contributed by atoms with Gasteiger partial charge in [0.2, 0.25) is 0 Å². The molecule has 0 aliphatic carbocycles. The molecule has 16 heavy (non-hydrogen) atoms. The van der Waals surface area contributed by atoms with Crippen LogP contribution in [0.25, 0.3) is 6.08 Å². The number of aryl methyl sites for hydroxylation is 2. The number of hydrogen-bond acceptors (Lipinski definition) is 1. The molecule has 0 saturated heterocycles. The summed E-state index contributed by atoms with van der Waals surface area (Å²) in [6, 6.07) is 4.30. The fourth-order valence-corrected chi connectivity index (χ4v) is 1.72. The average molecular weight is 216 g/mol. The molecule has 0 heterocycles. The van der Waals surface area contributed by atoms with Gasteiger partial charge >= 0.3 is 0 Å². The molecule has 0 unspecified atom stereocenters. The largest absolute Gasteiger partial charge is 0.489 e. The van der Waals surface area contributed by atoms with Crippen molar-refractivity contribution < 1.29 is 4.74 Å². The lowest BCUT2D eigenvalue weighted by Crippen LogP contribution is -1.98. The molecule has 1 aromatic carbocycles. The Balaban J connectivity index is 3.03. The zero-order chi connectivity index (χ0) is 12.0. The van der Waals surface area contributed by atoms with E-state index in [4.69, 9.17) is 4.74 Å². The van der Waals surface area contributed by atoms with Crippen LogP contribution >= 0.6 is 0 Å². The van der Waals surface area contributed by atoms with Crippen molar-refractivity contribution in [2.24, 2.45) is 0 Å². The fraction of sp³-hybridized carbons (Fsp3) is 0.333. The molecule has 0 fully saturated rings. The normalized spacial score (nSPS) is 11.5. The van der Waals surface area contributed by atoms with Crippen LogP contribution in [0.3, 0.4) is 0 Å². The van der Waals surface area contributed by atoms with Crippen molar-refractivity contribution in [2.45, 2.75) is 27.7 Å². The van der Waals surface area contributed by atoms with E-state index in [0.717, 1.165) is 11.3 Å². The lowest BCUT2D eigenvalue weighted by molar-refractivity contribution is 0.359. The van der Waals surface area contributed by atoms with E-state index < -0.39 is 0 Å². The summed E-state index contributed by atoms with van der Waals surface area (Å²) in [5.74, 6) is 0.988. The van der Waals surface area contributed by atoms with Gasteiger partial charge in [-0.2, -0.15) is 0 Å². The maximum Gasteiger partial charge on any atom is 0.129 e. The van der Waals surface area contributed by atoms with E-state index in [1.165, 1.54) is 11.1 Å². The minimum absolute atomic E-state index is 0.630. The van der Waals surface area contributed by atoms with Crippen molar-refractivity contribution in [1.82, 2.24) is 0 Å². The number of benzene rings is 1. The molecule has 0 amide bonds. The minimum atomic E-state index is 0.630. The first-order valence-electron chi connectivity index (χ1n) is 5.67. The number of hydrogen-bond donors (Lipinski definition) is 0. The summed E-state index contributed by atoms with van der Waals surface area (Å²) in [7, 11) is 0. The molecule has 0 radical (unpaired) electrons. The van der Waals surface area contributed by atoms with Crippen LogP contribution in [0.2, 0.25) is 0 Å². The van der Waals surface area contributed by atoms with Crippen LogP contribution in [0.4, 0.5) is 0 Å². The highest BCUT2D eigenvalue weighted by molar-refractivity contribution is 5.61. The van der Waals surface area contributed by atoms with E-state index in [9.17, 15) is 0 Å². The molecule has 0 atom stereocenters. The van der Waals surface area contributed by atoms with Gasteiger partial charge in [-0.3, -0.25) is 0 Å². The molecule has 0 bridgehead atoms. The van der Waals surface area contributed by atoms with Gasteiger partial charge in [0, 0.05) is 5.56 Å². The quantitative estimate of drug-likeness (QED) is 0.682. The monoisotopic (exact) mass is 216 g/mol. The summed E-state index contributed by atoms with van der Waals surface area (Å²) in [4.78, 5) is 0. The number of ether oxygens (including phenoxy) is 1. The predicted octanol–water partition coefficient (Wildman–Crippen LogP) is 4.29. The fourth-order valence-electron chi connectivity index (χ4n) is 1.72. The number of rotatable bonds is 4. The Morgan fingerprint density at radius 2 is 1.88 bits per heavy atom. The first kappa shape index (κ1) is 12.6. The van der Waals surface area contributed by atoms with Gasteiger partial charge in [-0.1, -0.05) is 35.9 Å². The molecule has 86 valence electrons. The third-order valence-corrected chi connectivity index (χ3v) is 2.35. The predicted molar refractivity (Wildman–Crippen MR) is 70.9 cm³/mol. The smallest absolute Gasteiger partial charge is 0.129 e. The van der Waals surface area contributed by atoms with Gasteiger partial charge in [-0.05, 0) is 39.3 Å². The van der Waals surface area contributed by atoms with Gasteiger partial charge < -0.3 is 4.74 Å². The lowest BCUT2D eigenvalue weighted by atomic mass is 10.1. The van der Waals surface area contributed by atoms with Crippen LogP contribution in [0, 0.1) is 13.8 Å². The van der Waals surface area contributed by atoms with Crippen molar-refractivity contribution in [1.29, 1.82) is 0 Å². The van der Waals surface area contributed by atoms with Crippen molar-refractivity contribution in [2.75, 3.05) is 6.61 Å². The highest BCUT2D eigenvalue weighted by atomic mass is 16.5. The zero-order valence-electron chi connectivity index (χ0n) is 10.6. The molecular weight excluding hydrogens is 196 g/mol. The Bertz CT molecular complexity index is 400. The summed E-state index contributed by atoms with van der Waals surface area (Å²) < 4.78 is 5.78. The van der Waals surface area contributed by atoms with Crippen molar-refractivity contribution >= 4 is 6.08 Å². The van der Waals surface area contributed by atoms with Gasteiger partial charge in [0.25, 0.3) is 0 Å². The topological polar surface area (TPSA) is 9.23 Å². The lowest BCUT2D eigenvalue weighted by Gasteiger charge is -2.12. The van der Waals surface area contributed by atoms with Crippen LogP contribution in [0.15, 0.2) is 30.4 Å². The van der Waals surface area contributed by atoms with Crippen molar-refractivity contribution in [3.05, 3.63) is 47.1 Å². The molecule has 1 heteroatoms. The first-order valence-corrected chi connectivity index (χ1v) is 5.67. The first-order chi connectivity index (χ1) is 7.69. The summed E-state index contributed by atoms with van der Waals surface area (Å²) >= 11 is 0. The number of allylic oxidation sites excluding steroid dienone is 2. The van der Waals surface area contributed by atoms with E-state index in [0.29, 0.717) is 6.61 Å². The van der Waals surface area contributed by atoms with Crippen LogP contribution in [0.1, 0.15) is 30.5 Å². The molecule has 0 aliphatic rings. The molecular formula is C15H20O. The molecule has 0 aliphatic heterocycles. The van der Waals surface area contributed by atoms with Crippen LogP contribution in [-0.4, -0.2) is 6.61 Å². The van der Waals surface area contributed by atoms with Crippen molar-refractivity contribution in [3.8, 4) is 5.75 Å². The van der Waals surface area contributed by atoms with Crippen LogP contribution in [0.5, 0.6) is 5.75 Å². The molecule has 0 saturated carbocycles. The Morgan fingerprint density at radius 1 is 1.12 bits per heavy atom. The molecule has 1 rings (SSSR count). The SMILES string of the molecule is C/C=C\COc1c(C)cc(C)cc1/C=C\C. The summed E-state index contributed by atoms with van der Waals surface area (Å²) in [6.07, 6.45) is 8.14. The zero-order valence-corrected chi connectivity index (χ0v) is 10.6. The maximum absolute atomic E-state index is 5.78. The van der Waals surface area contributed by atoms with Gasteiger partial charge in [0.1, 0.15) is 12.4 Å². The average Bonchev–Trinajstić information content (AvgIpc) is 2.22. The maximum atomic E-state index is 5.78. The third kappa shape index (κ3) is 3.27. The van der Waals surface area contributed by atoms with E-state index in [1.54, 1.807) is 0 Å². The Kier molecular flexibility index (Phi) is 4.84. The molecule has 0 aromatic heterocycles. The van der Waals surface area contributed by atoms with Crippen LogP contribution in [-0.2, 0) is 0 Å². The molecule has 0 spiro atoms. The van der Waals surface area contributed by atoms with Gasteiger partial charge in [-0.25, -0.2) is 0 Å². The Hall–Kier alpha value is -1.50. The van der Waals surface area contributed by atoms with E-state index in [2.05, 4.69) is 32.1 Å². The Morgan fingerprint density at radius 3 is 2.50 bits per heavy atom. The van der Waals surface area contributed by atoms with Gasteiger partial charge in [0.15, 0.2) is 0 Å². The second-order valence-electron chi connectivity index (χ2n) is 3.88. The van der Waals surface area contributed by atoms with Crippen LogP contribution < -0.4 is 4.74 Å². The van der Waals surface area contributed by atoms with E-state index >= 15 is 0 Å².